The monoisotopic (exact) mass is 271 g/mol. The smallest absolute Gasteiger partial charge is 0.335 e. The summed E-state index contributed by atoms with van der Waals surface area (Å²) < 4.78 is 1.76. The van der Waals surface area contributed by atoms with E-state index < -0.39 is 5.97 Å². The number of hydrogen-bond donors (Lipinski definition) is 1. The zero-order valence-electron chi connectivity index (χ0n) is 10.7. The number of benzene rings is 1. The number of amides is 1. The van der Waals surface area contributed by atoms with E-state index in [1.807, 2.05) is 12.3 Å². The van der Waals surface area contributed by atoms with Crippen molar-refractivity contribution in [3.8, 4) is 0 Å². The number of aromatic nitrogens is 2. The van der Waals surface area contributed by atoms with Gasteiger partial charge in [-0.05, 0) is 29.8 Å². The lowest BCUT2D eigenvalue weighted by molar-refractivity contribution is -0.117. The number of nitrogens with zero attached hydrogens (tertiary/aromatic N) is 3. The van der Waals surface area contributed by atoms with Crippen molar-refractivity contribution >= 4 is 17.6 Å². The highest BCUT2D eigenvalue weighted by Gasteiger charge is 2.27. The minimum Gasteiger partial charge on any atom is -0.478 e. The van der Waals surface area contributed by atoms with Gasteiger partial charge in [-0.2, -0.15) is 5.10 Å². The van der Waals surface area contributed by atoms with Crippen LogP contribution >= 0.6 is 0 Å². The predicted molar refractivity (Wildman–Crippen MR) is 71.7 cm³/mol. The zero-order valence-corrected chi connectivity index (χ0v) is 10.7. The van der Waals surface area contributed by atoms with Gasteiger partial charge in [-0.15, -0.1) is 0 Å². The van der Waals surface area contributed by atoms with Gasteiger partial charge in [-0.3, -0.25) is 9.48 Å². The summed E-state index contributed by atoms with van der Waals surface area (Å²) in [4.78, 5) is 24.6. The second-order valence-corrected chi connectivity index (χ2v) is 4.64. The van der Waals surface area contributed by atoms with E-state index in [9.17, 15) is 9.59 Å². The van der Waals surface area contributed by atoms with Crippen molar-refractivity contribution in [1.82, 2.24) is 9.78 Å². The Balaban J connectivity index is 1.81. The van der Waals surface area contributed by atoms with Crippen molar-refractivity contribution in [2.75, 3.05) is 11.4 Å². The fraction of sp³-hybridized carbons (Fsp3) is 0.214. The minimum atomic E-state index is -0.977. The molecule has 2 aromatic rings. The van der Waals surface area contributed by atoms with Crippen LogP contribution in [-0.4, -0.2) is 33.3 Å². The predicted octanol–water partition coefficient (Wildman–Crippen LogP) is 1.17. The van der Waals surface area contributed by atoms with Crippen molar-refractivity contribution in [1.29, 1.82) is 0 Å². The van der Waals surface area contributed by atoms with Crippen molar-refractivity contribution in [2.24, 2.45) is 0 Å². The first-order valence-corrected chi connectivity index (χ1v) is 6.29. The molecule has 0 unspecified atom stereocenters. The average molecular weight is 271 g/mol. The Morgan fingerprint density at radius 3 is 2.90 bits per heavy atom. The van der Waals surface area contributed by atoms with Crippen molar-refractivity contribution < 1.29 is 14.7 Å². The van der Waals surface area contributed by atoms with Gasteiger partial charge in [-0.1, -0.05) is 0 Å². The summed E-state index contributed by atoms with van der Waals surface area (Å²) in [5, 5.41) is 13.1. The topological polar surface area (TPSA) is 75.4 Å². The number of carboxylic acid groups (broad SMARTS) is 1. The highest BCUT2D eigenvalue weighted by Crippen LogP contribution is 2.29. The Kier molecular flexibility index (Phi) is 2.98. The first-order chi connectivity index (χ1) is 9.65. The molecule has 1 aromatic heterocycles. The molecule has 0 atom stereocenters. The van der Waals surface area contributed by atoms with Gasteiger partial charge in [0.2, 0.25) is 5.91 Å². The molecule has 1 aromatic carbocycles. The Morgan fingerprint density at radius 1 is 1.35 bits per heavy atom. The van der Waals surface area contributed by atoms with Gasteiger partial charge in [-0.25, -0.2) is 4.79 Å². The highest BCUT2D eigenvalue weighted by molar-refractivity contribution is 6.02. The van der Waals surface area contributed by atoms with Crippen molar-refractivity contribution in [3.63, 3.8) is 0 Å². The number of anilines is 1. The molecule has 1 N–H and O–H groups in total. The molecule has 3 rings (SSSR count). The second-order valence-electron chi connectivity index (χ2n) is 4.64. The van der Waals surface area contributed by atoms with Crippen LogP contribution < -0.4 is 4.90 Å². The largest absolute Gasteiger partial charge is 0.478 e. The number of carbonyl (C=O) groups excluding carboxylic acids is 1. The van der Waals surface area contributed by atoms with E-state index in [2.05, 4.69) is 5.10 Å². The van der Waals surface area contributed by atoms with Gasteiger partial charge in [0.05, 0.1) is 18.5 Å². The van der Waals surface area contributed by atoms with Crippen LogP contribution in [0.15, 0.2) is 36.7 Å². The first-order valence-electron chi connectivity index (χ1n) is 6.29. The second kappa shape index (κ2) is 4.80. The van der Waals surface area contributed by atoms with E-state index >= 15 is 0 Å². The quantitative estimate of drug-likeness (QED) is 0.905. The number of fused-ring (bicyclic) bond motifs is 1. The molecule has 0 aliphatic carbocycles. The van der Waals surface area contributed by atoms with Crippen molar-refractivity contribution in [2.45, 2.75) is 13.0 Å². The van der Waals surface area contributed by atoms with E-state index in [1.165, 1.54) is 6.07 Å². The van der Waals surface area contributed by atoms with Gasteiger partial charge in [0.25, 0.3) is 0 Å². The molecule has 0 spiro atoms. The number of rotatable bonds is 4. The summed E-state index contributed by atoms with van der Waals surface area (Å²) in [6, 6.07) is 6.63. The summed E-state index contributed by atoms with van der Waals surface area (Å²) in [6.07, 6.45) is 3.80. The molecule has 0 saturated heterocycles. The van der Waals surface area contributed by atoms with Crippen LogP contribution in [0.2, 0.25) is 0 Å². The van der Waals surface area contributed by atoms with E-state index in [1.54, 1.807) is 27.9 Å². The van der Waals surface area contributed by atoms with E-state index in [0.29, 0.717) is 13.1 Å². The molecule has 102 valence electrons. The zero-order chi connectivity index (χ0) is 14.1. The van der Waals surface area contributed by atoms with Crippen LogP contribution in [0, 0.1) is 0 Å². The molecular weight excluding hydrogens is 258 g/mol. The number of aromatic carboxylic acids is 1. The van der Waals surface area contributed by atoms with Gasteiger partial charge in [0.15, 0.2) is 0 Å². The maximum absolute atomic E-state index is 12.0. The Morgan fingerprint density at radius 2 is 2.20 bits per heavy atom. The lowest BCUT2D eigenvalue weighted by atomic mass is 10.1. The van der Waals surface area contributed by atoms with Crippen LogP contribution in [0.3, 0.4) is 0 Å². The van der Waals surface area contributed by atoms with E-state index in [4.69, 9.17) is 5.11 Å². The third kappa shape index (κ3) is 2.16. The summed E-state index contributed by atoms with van der Waals surface area (Å²) in [6.45, 7) is 1.14. The van der Waals surface area contributed by atoms with E-state index in [-0.39, 0.29) is 17.9 Å². The molecule has 0 radical (unpaired) electrons. The van der Waals surface area contributed by atoms with Gasteiger partial charge in [0.1, 0.15) is 0 Å². The molecule has 6 nitrogen and oxygen atoms in total. The van der Waals surface area contributed by atoms with Crippen molar-refractivity contribution in [3.05, 3.63) is 47.8 Å². The normalized spacial score (nSPS) is 13.6. The Bertz CT molecular complexity index is 664. The Hall–Kier alpha value is -2.63. The molecule has 0 fully saturated rings. The summed E-state index contributed by atoms with van der Waals surface area (Å²) >= 11 is 0. The standard InChI is InChI=1S/C14H13N3O3/c18-13-9-11-8-10(14(19)20)2-3-12(11)17(13)7-6-16-5-1-4-15-16/h1-5,8H,6-7,9H2,(H,19,20). The summed E-state index contributed by atoms with van der Waals surface area (Å²) in [5.74, 6) is -0.982. The number of hydrogen-bond acceptors (Lipinski definition) is 3. The molecule has 20 heavy (non-hydrogen) atoms. The van der Waals surface area contributed by atoms with Crippen LogP contribution in [0.4, 0.5) is 5.69 Å². The van der Waals surface area contributed by atoms with Crippen LogP contribution in [-0.2, 0) is 17.8 Å². The maximum atomic E-state index is 12.0. The SMILES string of the molecule is O=C(O)c1ccc2c(c1)CC(=O)N2CCn1cccn1. The average Bonchev–Trinajstić information content (AvgIpc) is 3.02. The molecule has 0 saturated carbocycles. The molecule has 2 heterocycles. The van der Waals surface area contributed by atoms with Gasteiger partial charge in [0, 0.05) is 24.6 Å². The first kappa shape index (κ1) is 12.4. The fourth-order valence-corrected chi connectivity index (χ4v) is 2.40. The number of carbonyl (C=O) groups is 2. The molecule has 0 bridgehead atoms. The lowest BCUT2D eigenvalue weighted by Gasteiger charge is -2.17. The van der Waals surface area contributed by atoms with Gasteiger partial charge < -0.3 is 10.0 Å². The molecule has 1 aliphatic heterocycles. The van der Waals surface area contributed by atoms with E-state index in [0.717, 1.165) is 11.3 Å². The fourth-order valence-electron chi connectivity index (χ4n) is 2.40. The van der Waals surface area contributed by atoms with Crippen LogP contribution in [0.25, 0.3) is 0 Å². The minimum absolute atomic E-state index is 0.00491. The molecule has 1 aliphatic rings. The Labute approximate surface area is 115 Å². The summed E-state index contributed by atoms with van der Waals surface area (Å²) in [5.41, 5.74) is 1.79. The van der Waals surface area contributed by atoms with Gasteiger partial charge >= 0.3 is 5.97 Å². The third-order valence-corrected chi connectivity index (χ3v) is 3.37. The number of carboxylic acids is 1. The molecular formula is C14H13N3O3. The lowest BCUT2D eigenvalue weighted by Crippen LogP contribution is -2.30. The summed E-state index contributed by atoms with van der Waals surface area (Å²) in [7, 11) is 0. The molecule has 6 heteroatoms. The van der Waals surface area contributed by atoms with Crippen LogP contribution in [0.1, 0.15) is 15.9 Å². The third-order valence-electron chi connectivity index (χ3n) is 3.37. The maximum Gasteiger partial charge on any atom is 0.335 e. The molecule has 1 amide bonds. The van der Waals surface area contributed by atoms with Crippen LogP contribution in [0.5, 0.6) is 0 Å². The highest BCUT2D eigenvalue weighted by atomic mass is 16.4.